The molecule has 7 nitrogen and oxygen atoms in total. The first-order valence-corrected chi connectivity index (χ1v) is 9.42. The summed E-state index contributed by atoms with van der Waals surface area (Å²) in [7, 11) is 0. The molecule has 0 saturated heterocycles. The van der Waals surface area contributed by atoms with Crippen LogP contribution in [0, 0.1) is 0 Å². The predicted molar refractivity (Wildman–Crippen MR) is 104 cm³/mol. The van der Waals surface area contributed by atoms with Crippen molar-refractivity contribution in [2.45, 2.75) is 5.92 Å². The van der Waals surface area contributed by atoms with Gasteiger partial charge >= 0.3 is 6.09 Å². The molecule has 150 valence electrons. The number of hydrogen-bond acceptors (Lipinski definition) is 6. The van der Waals surface area contributed by atoms with Crippen LogP contribution in [0.3, 0.4) is 0 Å². The minimum Gasteiger partial charge on any atom is -0.449 e. The largest absolute Gasteiger partial charge is 0.449 e. The smallest absolute Gasteiger partial charge is 0.407 e. The van der Waals surface area contributed by atoms with Crippen LogP contribution in [0.2, 0.25) is 0 Å². The van der Waals surface area contributed by atoms with Crippen molar-refractivity contribution in [1.82, 2.24) is 10.8 Å². The highest BCUT2D eigenvalue weighted by molar-refractivity contribution is 5.79. The van der Waals surface area contributed by atoms with Crippen molar-refractivity contribution in [3.63, 3.8) is 0 Å². The fourth-order valence-electron chi connectivity index (χ4n) is 3.31. The van der Waals surface area contributed by atoms with E-state index in [4.69, 9.17) is 19.4 Å². The molecule has 1 aliphatic rings. The Labute approximate surface area is 164 Å². The summed E-state index contributed by atoms with van der Waals surface area (Å²) in [6.07, 6.45) is -0.448. The number of rotatable bonds is 11. The number of carbonyl (C=O) groups excluding carboxylic acids is 1. The minimum absolute atomic E-state index is 0.0555. The highest BCUT2D eigenvalue weighted by Crippen LogP contribution is 2.44. The van der Waals surface area contributed by atoms with Gasteiger partial charge in [0.05, 0.1) is 26.4 Å². The summed E-state index contributed by atoms with van der Waals surface area (Å²) >= 11 is 0. The second kappa shape index (κ2) is 10.8. The van der Waals surface area contributed by atoms with Crippen molar-refractivity contribution < 1.29 is 24.2 Å². The monoisotopic (exact) mass is 386 g/mol. The van der Waals surface area contributed by atoms with Gasteiger partial charge in [-0.15, -0.1) is 0 Å². The molecular weight excluding hydrogens is 360 g/mol. The minimum atomic E-state index is -0.448. The van der Waals surface area contributed by atoms with Crippen LogP contribution in [0.4, 0.5) is 4.79 Å². The van der Waals surface area contributed by atoms with Crippen molar-refractivity contribution in [1.29, 1.82) is 0 Å². The molecule has 0 heterocycles. The summed E-state index contributed by atoms with van der Waals surface area (Å²) in [5.74, 6) is 0.0555. The van der Waals surface area contributed by atoms with E-state index in [1.165, 1.54) is 22.3 Å². The highest BCUT2D eigenvalue weighted by atomic mass is 16.6. The van der Waals surface area contributed by atoms with Gasteiger partial charge in [-0.05, 0) is 22.3 Å². The van der Waals surface area contributed by atoms with Gasteiger partial charge in [-0.2, -0.15) is 0 Å². The summed E-state index contributed by atoms with van der Waals surface area (Å²) < 4.78 is 16.0. The molecule has 0 saturated carbocycles. The maximum atomic E-state index is 12.0. The van der Waals surface area contributed by atoms with Crippen molar-refractivity contribution in [3.8, 4) is 11.1 Å². The Hall–Kier alpha value is -2.45. The second-order valence-corrected chi connectivity index (χ2v) is 6.39. The van der Waals surface area contributed by atoms with Crippen LogP contribution in [0.5, 0.6) is 0 Å². The number of nitrogens with one attached hydrogen (secondary N) is 2. The highest BCUT2D eigenvalue weighted by Gasteiger charge is 2.28. The fraction of sp³-hybridized carbons (Fsp3) is 0.381. The number of alkyl carbamates (subject to hydrolysis) is 1. The molecule has 0 radical (unpaired) electrons. The molecule has 0 bridgehead atoms. The molecule has 2 aromatic carbocycles. The Balaban J connectivity index is 1.37. The Kier molecular flexibility index (Phi) is 7.81. The number of amides is 1. The first-order chi connectivity index (χ1) is 13.8. The van der Waals surface area contributed by atoms with Crippen LogP contribution >= 0.6 is 0 Å². The van der Waals surface area contributed by atoms with Crippen molar-refractivity contribution >= 4 is 6.09 Å². The van der Waals surface area contributed by atoms with E-state index in [0.29, 0.717) is 46.1 Å². The molecule has 3 N–H and O–H groups in total. The van der Waals surface area contributed by atoms with Crippen LogP contribution in [0.1, 0.15) is 17.0 Å². The van der Waals surface area contributed by atoms with E-state index in [2.05, 4.69) is 29.6 Å². The molecule has 7 heteroatoms. The maximum absolute atomic E-state index is 12.0. The molecule has 1 amide bonds. The maximum Gasteiger partial charge on any atom is 0.407 e. The lowest BCUT2D eigenvalue weighted by molar-refractivity contribution is 0.0376. The Morgan fingerprint density at radius 3 is 2.04 bits per heavy atom. The number of hydrogen-bond donors (Lipinski definition) is 3. The Morgan fingerprint density at radius 1 is 0.857 bits per heavy atom. The molecule has 28 heavy (non-hydrogen) atoms. The van der Waals surface area contributed by atoms with Gasteiger partial charge in [0.1, 0.15) is 6.61 Å². The molecule has 0 aliphatic heterocycles. The fourth-order valence-corrected chi connectivity index (χ4v) is 3.31. The molecule has 0 aromatic heterocycles. The third-order valence-corrected chi connectivity index (χ3v) is 4.59. The van der Waals surface area contributed by atoms with Crippen LogP contribution in [0.15, 0.2) is 48.5 Å². The number of ether oxygens (including phenoxy) is 3. The molecule has 3 rings (SSSR count). The van der Waals surface area contributed by atoms with Gasteiger partial charge in [0.2, 0.25) is 0 Å². The van der Waals surface area contributed by atoms with Gasteiger partial charge in [0, 0.05) is 19.0 Å². The summed E-state index contributed by atoms with van der Waals surface area (Å²) in [5.41, 5.74) is 6.80. The third kappa shape index (κ3) is 5.30. The first kappa shape index (κ1) is 20.3. The van der Waals surface area contributed by atoms with E-state index in [-0.39, 0.29) is 5.92 Å². The SMILES string of the molecule is O=C(NCCOCCOCCNO)OCC1c2ccccc2-c2ccccc21. The average Bonchev–Trinajstić information content (AvgIpc) is 3.05. The zero-order chi connectivity index (χ0) is 19.6. The second-order valence-electron chi connectivity index (χ2n) is 6.39. The number of fused-ring (bicyclic) bond motifs is 3. The van der Waals surface area contributed by atoms with Gasteiger partial charge < -0.3 is 24.7 Å². The molecule has 0 spiro atoms. The van der Waals surface area contributed by atoms with Crippen LogP contribution in [0.25, 0.3) is 11.1 Å². The first-order valence-electron chi connectivity index (χ1n) is 9.42. The van der Waals surface area contributed by atoms with E-state index in [1.807, 2.05) is 29.7 Å². The Morgan fingerprint density at radius 2 is 1.43 bits per heavy atom. The van der Waals surface area contributed by atoms with Crippen LogP contribution in [-0.4, -0.2) is 57.4 Å². The molecule has 0 fully saturated rings. The van der Waals surface area contributed by atoms with Crippen LogP contribution < -0.4 is 10.8 Å². The van der Waals surface area contributed by atoms with E-state index in [0.717, 1.165) is 0 Å². The number of benzene rings is 2. The normalized spacial score (nSPS) is 12.5. The molecule has 0 unspecified atom stereocenters. The zero-order valence-electron chi connectivity index (χ0n) is 15.7. The Bertz CT molecular complexity index is 722. The van der Waals surface area contributed by atoms with Gasteiger partial charge in [0.25, 0.3) is 0 Å². The van der Waals surface area contributed by atoms with Crippen LogP contribution in [-0.2, 0) is 14.2 Å². The lowest BCUT2D eigenvalue weighted by Crippen LogP contribution is -2.29. The average molecular weight is 386 g/mol. The quantitative estimate of drug-likeness (QED) is 0.406. The lowest BCUT2D eigenvalue weighted by atomic mass is 9.98. The van der Waals surface area contributed by atoms with Gasteiger partial charge in [-0.25, -0.2) is 10.3 Å². The topological polar surface area (TPSA) is 89.1 Å². The zero-order valence-corrected chi connectivity index (χ0v) is 15.7. The molecule has 0 atom stereocenters. The number of hydroxylamine groups is 1. The third-order valence-electron chi connectivity index (χ3n) is 4.59. The summed E-state index contributed by atoms with van der Waals surface area (Å²) in [6, 6.07) is 16.5. The number of carbonyl (C=O) groups is 1. The van der Waals surface area contributed by atoms with Gasteiger partial charge in [0.15, 0.2) is 0 Å². The van der Waals surface area contributed by atoms with Crippen molar-refractivity contribution in [2.24, 2.45) is 0 Å². The van der Waals surface area contributed by atoms with E-state index >= 15 is 0 Å². The molecular formula is C21H26N2O5. The van der Waals surface area contributed by atoms with Gasteiger partial charge in [-0.1, -0.05) is 48.5 Å². The summed E-state index contributed by atoms with van der Waals surface area (Å²) in [5, 5.41) is 11.1. The summed E-state index contributed by atoms with van der Waals surface area (Å²) in [4.78, 5) is 12.0. The molecule has 1 aliphatic carbocycles. The predicted octanol–water partition coefficient (Wildman–Crippen LogP) is 2.54. The van der Waals surface area contributed by atoms with Crippen molar-refractivity contribution in [2.75, 3.05) is 46.1 Å². The van der Waals surface area contributed by atoms with Crippen molar-refractivity contribution in [3.05, 3.63) is 59.7 Å². The van der Waals surface area contributed by atoms with Gasteiger partial charge in [-0.3, -0.25) is 0 Å². The van der Waals surface area contributed by atoms with E-state index in [9.17, 15) is 4.79 Å². The molecule has 2 aromatic rings. The van der Waals surface area contributed by atoms with E-state index < -0.39 is 6.09 Å². The van der Waals surface area contributed by atoms with E-state index in [1.54, 1.807) is 0 Å². The summed E-state index contributed by atoms with van der Waals surface area (Å²) in [6.45, 7) is 2.71. The lowest BCUT2D eigenvalue weighted by Gasteiger charge is -2.14. The standard InChI is InChI=1S/C21H26N2O5/c24-21(22-9-11-26-13-14-27-12-10-23-25)28-15-20-18-7-3-1-5-16(18)17-6-2-4-8-19(17)20/h1-8,20,23,25H,9-15H2,(H,22,24).